The van der Waals surface area contributed by atoms with Crippen LogP contribution in [0.2, 0.25) is 0 Å². The zero-order chi connectivity index (χ0) is 23.4. The van der Waals surface area contributed by atoms with E-state index in [4.69, 9.17) is 0 Å². The lowest BCUT2D eigenvalue weighted by Crippen LogP contribution is -2.38. The minimum Gasteiger partial charge on any atom is -0.358 e. The van der Waals surface area contributed by atoms with Gasteiger partial charge in [-0.25, -0.2) is 14.8 Å². The van der Waals surface area contributed by atoms with Crippen LogP contribution in [0.1, 0.15) is 42.6 Å². The van der Waals surface area contributed by atoms with Gasteiger partial charge in [-0.3, -0.25) is 18.7 Å². The highest BCUT2D eigenvalue weighted by Gasteiger charge is 2.24. The predicted octanol–water partition coefficient (Wildman–Crippen LogP) is 3.09. The fraction of sp³-hybridized carbons (Fsp3) is 0.348. The summed E-state index contributed by atoms with van der Waals surface area (Å²) in [6, 6.07) is 7.67. The molecular formula is C23H25N5O3S. The Balaban J connectivity index is 1.83. The van der Waals surface area contributed by atoms with Crippen LogP contribution >= 0.6 is 11.8 Å². The van der Waals surface area contributed by atoms with Crippen LogP contribution in [-0.4, -0.2) is 35.6 Å². The van der Waals surface area contributed by atoms with E-state index in [1.165, 1.54) is 23.4 Å². The minimum absolute atomic E-state index is 0.0596. The molecule has 4 aromatic rings. The normalized spacial score (nSPS) is 12.1. The van der Waals surface area contributed by atoms with E-state index < -0.39 is 16.7 Å². The summed E-state index contributed by atoms with van der Waals surface area (Å²) in [6.07, 6.45) is 0. The van der Waals surface area contributed by atoms with E-state index in [-0.39, 0.29) is 22.6 Å². The Hall–Kier alpha value is -3.20. The first-order valence-electron chi connectivity index (χ1n) is 10.2. The number of aromatic nitrogens is 5. The van der Waals surface area contributed by atoms with E-state index in [1.54, 1.807) is 7.05 Å². The maximum absolute atomic E-state index is 13.2. The first-order valence-corrected chi connectivity index (χ1v) is 11.2. The SMILES string of the molecule is Cc1[nH]c2ccccc2c1C(=O)CSc1nc(C(C)(C)C)nc2c1c(=O)n(C)c(=O)n2C. The molecule has 0 atom stereocenters. The number of rotatable bonds is 4. The molecule has 3 aromatic heterocycles. The molecule has 4 rings (SSSR count). The number of fused-ring (bicyclic) bond motifs is 2. The van der Waals surface area contributed by atoms with Gasteiger partial charge in [0.15, 0.2) is 11.4 Å². The van der Waals surface area contributed by atoms with Crippen molar-refractivity contribution in [2.24, 2.45) is 14.1 Å². The molecule has 3 heterocycles. The maximum atomic E-state index is 13.2. The Morgan fingerprint density at radius 2 is 1.78 bits per heavy atom. The lowest BCUT2D eigenvalue weighted by atomic mass is 9.96. The van der Waals surface area contributed by atoms with Gasteiger partial charge in [0.05, 0.1) is 5.75 Å². The number of carbonyl (C=O) groups is 1. The Morgan fingerprint density at radius 1 is 1.09 bits per heavy atom. The predicted molar refractivity (Wildman–Crippen MR) is 127 cm³/mol. The topological polar surface area (TPSA) is 103 Å². The van der Waals surface area contributed by atoms with Crippen LogP contribution in [0.4, 0.5) is 0 Å². The van der Waals surface area contributed by atoms with Crippen molar-refractivity contribution in [2.75, 3.05) is 5.75 Å². The second kappa shape index (κ2) is 7.74. The van der Waals surface area contributed by atoms with E-state index in [0.717, 1.165) is 21.2 Å². The third kappa shape index (κ3) is 3.56. The molecule has 0 saturated carbocycles. The second-order valence-corrected chi connectivity index (χ2v) is 9.85. The molecule has 0 saturated heterocycles. The number of thioether (sulfide) groups is 1. The third-order valence-electron chi connectivity index (χ3n) is 5.45. The van der Waals surface area contributed by atoms with Crippen LogP contribution in [0, 0.1) is 6.92 Å². The molecule has 0 aliphatic rings. The van der Waals surface area contributed by atoms with Crippen molar-refractivity contribution in [3.63, 3.8) is 0 Å². The monoisotopic (exact) mass is 451 g/mol. The molecule has 0 amide bonds. The summed E-state index contributed by atoms with van der Waals surface area (Å²) in [7, 11) is 3.01. The largest absolute Gasteiger partial charge is 0.358 e. The Morgan fingerprint density at radius 3 is 2.47 bits per heavy atom. The van der Waals surface area contributed by atoms with Crippen LogP contribution in [0.3, 0.4) is 0 Å². The zero-order valence-electron chi connectivity index (χ0n) is 18.9. The van der Waals surface area contributed by atoms with Crippen molar-refractivity contribution in [2.45, 2.75) is 38.1 Å². The van der Waals surface area contributed by atoms with Gasteiger partial charge in [0.2, 0.25) is 0 Å². The van der Waals surface area contributed by atoms with Gasteiger partial charge in [-0.05, 0) is 13.0 Å². The van der Waals surface area contributed by atoms with Crippen molar-refractivity contribution in [3.8, 4) is 0 Å². The maximum Gasteiger partial charge on any atom is 0.332 e. The zero-order valence-corrected chi connectivity index (χ0v) is 19.8. The highest BCUT2D eigenvalue weighted by Crippen LogP contribution is 2.29. The molecule has 1 aromatic carbocycles. The van der Waals surface area contributed by atoms with E-state index in [1.807, 2.05) is 52.0 Å². The molecule has 0 unspecified atom stereocenters. The first-order chi connectivity index (χ1) is 15.0. The van der Waals surface area contributed by atoms with Crippen molar-refractivity contribution in [1.29, 1.82) is 0 Å². The van der Waals surface area contributed by atoms with Gasteiger partial charge < -0.3 is 4.98 Å². The molecule has 8 nitrogen and oxygen atoms in total. The Kier molecular flexibility index (Phi) is 5.32. The van der Waals surface area contributed by atoms with Gasteiger partial charge >= 0.3 is 5.69 Å². The molecule has 0 bridgehead atoms. The number of H-pyrrole nitrogens is 1. The Labute approximate surface area is 188 Å². The number of nitrogens with zero attached hydrogens (tertiary/aromatic N) is 4. The molecular weight excluding hydrogens is 426 g/mol. The number of hydrogen-bond donors (Lipinski definition) is 1. The van der Waals surface area contributed by atoms with Gasteiger partial charge in [0.25, 0.3) is 5.56 Å². The minimum atomic E-state index is -0.471. The number of para-hydroxylation sites is 1. The number of ketones is 1. The number of Topliss-reactive ketones (excluding diaryl/α,β-unsaturated/α-hetero) is 1. The van der Waals surface area contributed by atoms with Gasteiger partial charge in [0, 0.05) is 41.7 Å². The molecule has 0 radical (unpaired) electrons. The lowest BCUT2D eigenvalue weighted by molar-refractivity contribution is 0.102. The van der Waals surface area contributed by atoms with Crippen molar-refractivity contribution >= 4 is 39.5 Å². The van der Waals surface area contributed by atoms with Crippen molar-refractivity contribution in [3.05, 3.63) is 62.2 Å². The average Bonchev–Trinajstić information content (AvgIpc) is 3.08. The molecule has 166 valence electrons. The fourth-order valence-electron chi connectivity index (χ4n) is 3.71. The number of nitrogens with one attached hydrogen (secondary N) is 1. The molecule has 0 fully saturated rings. The number of carbonyl (C=O) groups excluding carboxylic acids is 1. The summed E-state index contributed by atoms with van der Waals surface area (Å²) in [5.41, 5.74) is 1.30. The van der Waals surface area contributed by atoms with Crippen LogP contribution in [0.25, 0.3) is 21.9 Å². The van der Waals surface area contributed by atoms with Crippen molar-refractivity contribution in [1.82, 2.24) is 24.1 Å². The first kappa shape index (κ1) is 22.0. The fourth-order valence-corrected chi connectivity index (χ4v) is 4.60. The lowest BCUT2D eigenvalue weighted by Gasteiger charge is -2.19. The van der Waals surface area contributed by atoms with Gasteiger partial charge in [-0.15, -0.1) is 0 Å². The molecule has 0 spiro atoms. The highest BCUT2D eigenvalue weighted by atomic mass is 32.2. The smallest absolute Gasteiger partial charge is 0.332 e. The van der Waals surface area contributed by atoms with E-state index in [0.29, 0.717) is 16.4 Å². The summed E-state index contributed by atoms with van der Waals surface area (Å²) in [6.45, 7) is 7.76. The molecule has 32 heavy (non-hydrogen) atoms. The van der Waals surface area contributed by atoms with Crippen LogP contribution in [-0.2, 0) is 19.5 Å². The quantitative estimate of drug-likeness (QED) is 0.291. The van der Waals surface area contributed by atoms with Crippen molar-refractivity contribution < 1.29 is 4.79 Å². The second-order valence-electron chi connectivity index (χ2n) is 8.89. The summed E-state index contributed by atoms with van der Waals surface area (Å²) in [5, 5.41) is 1.52. The van der Waals surface area contributed by atoms with Gasteiger partial charge in [0.1, 0.15) is 16.2 Å². The van der Waals surface area contributed by atoms with Crippen LogP contribution in [0.5, 0.6) is 0 Å². The van der Waals surface area contributed by atoms with Crippen LogP contribution < -0.4 is 11.2 Å². The summed E-state index contributed by atoms with van der Waals surface area (Å²) in [4.78, 5) is 51.0. The Bertz CT molecular complexity index is 1500. The number of benzene rings is 1. The number of aromatic amines is 1. The van der Waals surface area contributed by atoms with E-state index in [2.05, 4.69) is 15.0 Å². The summed E-state index contributed by atoms with van der Waals surface area (Å²) >= 11 is 1.20. The summed E-state index contributed by atoms with van der Waals surface area (Å²) < 4.78 is 2.39. The third-order valence-corrected chi connectivity index (χ3v) is 6.43. The summed E-state index contributed by atoms with van der Waals surface area (Å²) in [5.74, 6) is 0.548. The van der Waals surface area contributed by atoms with Gasteiger partial charge in [-0.2, -0.15) is 0 Å². The highest BCUT2D eigenvalue weighted by molar-refractivity contribution is 8.00. The van der Waals surface area contributed by atoms with E-state index >= 15 is 0 Å². The molecule has 0 aliphatic carbocycles. The van der Waals surface area contributed by atoms with E-state index in [9.17, 15) is 14.4 Å². The number of aryl methyl sites for hydroxylation is 2. The van der Waals surface area contributed by atoms with Gasteiger partial charge in [-0.1, -0.05) is 50.7 Å². The van der Waals surface area contributed by atoms with Crippen LogP contribution in [0.15, 0.2) is 38.9 Å². The standard InChI is InChI=1S/C23H25N5O3S/c1-12-16(13-9-7-8-10-14(13)24-12)15(29)11-32-19-17-18(25-21(26-19)23(2,3)4)27(5)22(31)28(6)20(17)30/h7-10,24H,11H2,1-6H3. The average molecular weight is 452 g/mol. The molecule has 1 N–H and O–H groups in total. The molecule has 9 heteroatoms. The number of hydrogen-bond acceptors (Lipinski definition) is 6. The molecule has 0 aliphatic heterocycles.